The highest BCUT2D eigenvalue weighted by Crippen LogP contribution is 2.45. The van der Waals surface area contributed by atoms with Gasteiger partial charge in [-0.3, -0.25) is 0 Å². The van der Waals surface area contributed by atoms with Crippen molar-refractivity contribution >= 4 is 0 Å². The molecule has 1 aromatic rings. The third-order valence-electron chi connectivity index (χ3n) is 4.82. The summed E-state index contributed by atoms with van der Waals surface area (Å²) < 4.78 is 0. The van der Waals surface area contributed by atoms with E-state index in [4.69, 9.17) is 0 Å². The third-order valence-corrected chi connectivity index (χ3v) is 4.82. The molecular formula is C16H23NO. The van der Waals surface area contributed by atoms with Gasteiger partial charge in [0, 0.05) is 24.6 Å². The summed E-state index contributed by atoms with van der Waals surface area (Å²) in [7, 11) is 0. The highest BCUT2D eigenvalue weighted by atomic mass is 16.3. The van der Waals surface area contributed by atoms with Crippen molar-refractivity contribution in [2.24, 2.45) is 5.41 Å². The van der Waals surface area contributed by atoms with Crippen LogP contribution in [-0.2, 0) is 0 Å². The van der Waals surface area contributed by atoms with E-state index in [1.165, 1.54) is 36.8 Å². The number of aliphatic hydroxyl groups is 1. The second-order valence-corrected chi connectivity index (χ2v) is 6.26. The van der Waals surface area contributed by atoms with Crippen LogP contribution in [0.25, 0.3) is 0 Å². The fraction of sp³-hybridized carbons (Fsp3) is 0.625. The molecule has 3 rings (SSSR count). The summed E-state index contributed by atoms with van der Waals surface area (Å²) in [6, 6.07) is 9.41. The number of hydrogen-bond donors (Lipinski definition) is 2. The Hall–Kier alpha value is -0.860. The van der Waals surface area contributed by atoms with Crippen LogP contribution in [0, 0.1) is 12.3 Å². The first kappa shape index (κ1) is 12.2. The van der Waals surface area contributed by atoms with E-state index in [1.54, 1.807) is 0 Å². The molecule has 2 N–H and O–H groups in total. The van der Waals surface area contributed by atoms with Crippen LogP contribution in [0.5, 0.6) is 0 Å². The van der Waals surface area contributed by atoms with Crippen molar-refractivity contribution in [2.75, 3.05) is 13.2 Å². The molecule has 0 radical (unpaired) electrons. The molecule has 0 amide bonds. The maximum atomic E-state index is 9.29. The van der Waals surface area contributed by atoms with Crippen molar-refractivity contribution in [3.05, 3.63) is 35.4 Å². The first-order chi connectivity index (χ1) is 8.72. The summed E-state index contributed by atoms with van der Waals surface area (Å²) in [6.07, 6.45) is 4.91. The Morgan fingerprint density at radius 2 is 2.00 bits per heavy atom. The van der Waals surface area contributed by atoms with Crippen LogP contribution in [0.1, 0.15) is 42.7 Å². The Morgan fingerprint density at radius 1 is 1.28 bits per heavy atom. The van der Waals surface area contributed by atoms with E-state index in [1.807, 2.05) is 0 Å². The highest BCUT2D eigenvalue weighted by Gasteiger charge is 2.43. The molecule has 2 nitrogen and oxygen atoms in total. The van der Waals surface area contributed by atoms with Gasteiger partial charge in [-0.15, -0.1) is 0 Å². The summed E-state index contributed by atoms with van der Waals surface area (Å²) >= 11 is 0. The van der Waals surface area contributed by atoms with Crippen LogP contribution in [0.3, 0.4) is 0 Å². The van der Waals surface area contributed by atoms with Gasteiger partial charge in [-0.05, 0) is 49.7 Å². The van der Waals surface area contributed by atoms with Gasteiger partial charge in [0.2, 0.25) is 0 Å². The molecule has 0 atom stereocenters. The number of benzene rings is 1. The van der Waals surface area contributed by atoms with Gasteiger partial charge in [-0.25, -0.2) is 0 Å². The van der Waals surface area contributed by atoms with E-state index in [0.717, 1.165) is 12.5 Å². The smallest absolute Gasteiger partial charge is 0.0499 e. The van der Waals surface area contributed by atoms with Crippen LogP contribution in [-0.4, -0.2) is 24.3 Å². The third kappa shape index (κ3) is 2.32. The van der Waals surface area contributed by atoms with Gasteiger partial charge in [0.15, 0.2) is 0 Å². The second kappa shape index (κ2) is 4.67. The quantitative estimate of drug-likeness (QED) is 0.835. The molecule has 0 saturated heterocycles. The summed E-state index contributed by atoms with van der Waals surface area (Å²) in [6.45, 7) is 3.57. The Kier molecular flexibility index (Phi) is 3.16. The lowest BCUT2D eigenvalue weighted by atomic mass is 9.74. The van der Waals surface area contributed by atoms with Crippen molar-refractivity contribution < 1.29 is 5.11 Å². The molecule has 2 heteroatoms. The SMILES string of the molecule is Cc1ccccc1C1CC(NCC2(CO)CC2)C1. The van der Waals surface area contributed by atoms with Crippen molar-refractivity contribution in [1.29, 1.82) is 0 Å². The Labute approximate surface area is 109 Å². The number of nitrogens with one attached hydrogen (secondary N) is 1. The zero-order valence-electron chi connectivity index (χ0n) is 11.2. The van der Waals surface area contributed by atoms with Gasteiger partial charge in [-0.2, -0.15) is 0 Å². The minimum absolute atomic E-state index is 0.244. The van der Waals surface area contributed by atoms with Gasteiger partial charge in [0.05, 0.1) is 0 Å². The lowest BCUT2D eigenvalue weighted by Gasteiger charge is -2.38. The van der Waals surface area contributed by atoms with Gasteiger partial charge in [-0.1, -0.05) is 24.3 Å². The zero-order valence-corrected chi connectivity index (χ0v) is 11.2. The number of rotatable bonds is 5. The number of aliphatic hydroxyl groups excluding tert-OH is 1. The predicted molar refractivity (Wildman–Crippen MR) is 73.7 cm³/mol. The fourth-order valence-corrected chi connectivity index (χ4v) is 3.01. The van der Waals surface area contributed by atoms with Crippen LogP contribution >= 0.6 is 0 Å². The van der Waals surface area contributed by atoms with Gasteiger partial charge < -0.3 is 10.4 Å². The monoisotopic (exact) mass is 245 g/mol. The highest BCUT2D eigenvalue weighted by molar-refractivity contribution is 5.31. The van der Waals surface area contributed by atoms with E-state index < -0.39 is 0 Å². The molecule has 0 aliphatic heterocycles. The first-order valence-corrected chi connectivity index (χ1v) is 7.12. The predicted octanol–water partition coefficient (Wildman–Crippen LogP) is 2.60. The molecule has 0 aromatic heterocycles. The lowest BCUT2D eigenvalue weighted by Crippen LogP contribution is -2.43. The molecule has 0 spiro atoms. The molecule has 0 bridgehead atoms. The summed E-state index contributed by atoms with van der Waals surface area (Å²) in [4.78, 5) is 0. The molecular weight excluding hydrogens is 222 g/mol. The van der Waals surface area contributed by atoms with Gasteiger partial charge >= 0.3 is 0 Å². The minimum atomic E-state index is 0.244. The minimum Gasteiger partial charge on any atom is -0.396 e. The molecule has 2 saturated carbocycles. The molecule has 0 heterocycles. The largest absolute Gasteiger partial charge is 0.396 e. The molecule has 2 aliphatic carbocycles. The molecule has 2 fully saturated rings. The van der Waals surface area contributed by atoms with Crippen molar-refractivity contribution in [3.63, 3.8) is 0 Å². The van der Waals surface area contributed by atoms with Crippen LogP contribution in [0.2, 0.25) is 0 Å². The van der Waals surface area contributed by atoms with Crippen molar-refractivity contribution in [2.45, 2.75) is 44.6 Å². The van der Waals surface area contributed by atoms with Crippen LogP contribution in [0.15, 0.2) is 24.3 Å². The number of hydrogen-bond acceptors (Lipinski definition) is 2. The standard InChI is InChI=1S/C16H23NO/c1-12-4-2-3-5-15(12)13-8-14(9-13)17-10-16(11-18)6-7-16/h2-5,13-14,17-18H,6-11H2,1H3. The van der Waals surface area contributed by atoms with E-state index >= 15 is 0 Å². The normalized spacial score (nSPS) is 28.8. The second-order valence-electron chi connectivity index (χ2n) is 6.26. The molecule has 98 valence electrons. The van der Waals surface area contributed by atoms with Crippen molar-refractivity contribution in [3.8, 4) is 0 Å². The van der Waals surface area contributed by atoms with Crippen LogP contribution < -0.4 is 5.32 Å². The van der Waals surface area contributed by atoms with Crippen molar-refractivity contribution in [1.82, 2.24) is 5.32 Å². The maximum Gasteiger partial charge on any atom is 0.0499 e. The molecule has 18 heavy (non-hydrogen) atoms. The first-order valence-electron chi connectivity index (χ1n) is 7.12. The van der Waals surface area contributed by atoms with Gasteiger partial charge in [0.25, 0.3) is 0 Å². The van der Waals surface area contributed by atoms with E-state index in [9.17, 15) is 5.11 Å². The van der Waals surface area contributed by atoms with E-state index in [2.05, 4.69) is 36.5 Å². The molecule has 1 aromatic carbocycles. The van der Waals surface area contributed by atoms with E-state index in [-0.39, 0.29) is 5.41 Å². The topological polar surface area (TPSA) is 32.3 Å². The Bertz CT molecular complexity index is 419. The van der Waals surface area contributed by atoms with Gasteiger partial charge in [0.1, 0.15) is 0 Å². The zero-order chi connectivity index (χ0) is 12.6. The average Bonchev–Trinajstić information content (AvgIpc) is 3.10. The molecule has 2 aliphatic rings. The summed E-state index contributed by atoms with van der Waals surface area (Å²) in [5.74, 6) is 0.743. The summed E-state index contributed by atoms with van der Waals surface area (Å²) in [5, 5.41) is 12.9. The molecule has 0 unspecified atom stereocenters. The lowest BCUT2D eigenvalue weighted by molar-refractivity contribution is 0.190. The fourth-order valence-electron chi connectivity index (χ4n) is 3.01. The average molecular weight is 245 g/mol. The number of aryl methyl sites for hydroxylation is 1. The maximum absolute atomic E-state index is 9.29. The van der Waals surface area contributed by atoms with Crippen LogP contribution in [0.4, 0.5) is 0 Å². The Morgan fingerprint density at radius 3 is 2.61 bits per heavy atom. The Balaban J connectivity index is 1.47. The van der Waals surface area contributed by atoms with E-state index in [0.29, 0.717) is 12.6 Å². The summed E-state index contributed by atoms with van der Waals surface area (Å²) in [5.41, 5.74) is 3.20.